The molecule has 0 N–H and O–H groups in total. The molecule has 0 aliphatic heterocycles. The Bertz CT molecular complexity index is 380. The van der Waals surface area contributed by atoms with Crippen molar-refractivity contribution in [1.29, 1.82) is 0 Å². The van der Waals surface area contributed by atoms with E-state index in [1.165, 1.54) is 18.7 Å². The lowest BCUT2D eigenvalue weighted by Gasteiger charge is -1.88. The van der Waals surface area contributed by atoms with E-state index in [2.05, 4.69) is 21.8 Å². The Balaban J connectivity index is 2.51. The van der Waals surface area contributed by atoms with Crippen molar-refractivity contribution in [1.82, 2.24) is 9.97 Å². The Morgan fingerprint density at radius 1 is 1.57 bits per heavy atom. The summed E-state index contributed by atoms with van der Waals surface area (Å²) < 4.78 is 0. The van der Waals surface area contributed by atoms with Crippen molar-refractivity contribution in [2.24, 2.45) is 0 Å². The maximum absolute atomic E-state index is 10.6. The summed E-state index contributed by atoms with van der Waals surface area (Å²) >= 11 is 6.67. The lowest BCUT2D eigenvalue weighted by atomic mass is 10.3. The van der Waals surface area contributed by atoms with Gasteiger partial charge in [0.25, 0.3) is 0 Å². The van der Waals surface area contributed by atoms with Gasteiger partial charge in [-0.25, -0.2) is 9.97 Å². The Hall–Kier alpha value is -1.05. The van der Waals surface area contributed by atoms with Gasteiger partial charge in [0.15, 0.2) is 5.12 Å². The molecule has 72 valence electrons. The minimum atomic E-state index is 0.0617. The standard InChI is InChI=1S/C9H7ClN2OS/c1-7(13)14-4-2-3-8-5-11-9(10)12-6-8/h5-6H,4H2,1H3. The van der Waals surface area contributed by atoms with Crippen molar-refractivity contribution in [2.45, 2.75) is 6.92 Å². The Morgan fingerprint density at radius 3 is 2.79 bits per heavy atom. The highest BCUT2D eigenvalue weighted by molar-refractivity contribution is 8.13. The van der Waals surface area contributed by atoms with E-state index < -0.39 is 0 Å². The van der Waals surface area contributed by atoms with Crippen LogP contribution in [0.5, 0.6) is 0 Å². The van der Waals surface area contributed by atoms with Gasteiger partial charge in [-0.2, -0.15) is 0 Å². The predicted molar refractivity (Wildman–Crippen MR) is 57.1 cm³/mol. The predicted octanol–water partition coefficient (Wildman–Crippen LogP) is 1.76. The van der Waals surface area contributed by atoms with Crippen LogP contribution in [0, 0.1) is 11.8 Å². The van der Waals surface area contributed by atoms with Gasteiger partial charge in [0.1, 0.15) is 0 Å². The fraction of sp³-hybridized carbons (Fsp3) is 0.222. The number of carbonyl (C=O) groups is 1. The van der Waals surface area contributed by atoms with Crippen LogP contribution in [0.1, 0.15) is 12.5 Å². The average molecular weight is 227 g/mol. The minimum Gasteiger partial charge on any atom is -0.288 e. The second-order valence-corrected chi connectivity index (χ2v) is 3.81. The highest BCUT2D eigenvalue weighted by Crippen LogP contribution is 2.00. The summed E-state index contributed by atoms with van der Waals surface area (Å²) in [6, 6.07) is 0. The molecule has 0 bridgehead atoms. The Kier molecular flexibility index (Phi) is 4.44. The third-order valence-electron chi connectivity index (χ3n) is 1.20. The summed E-state index contributed by atoms with van der Waals surface area (Å²) in [7, 11) is 0. The molecular weight excluding hydrogens is 220 g/mol. The van der Waals surface area contributed by atoms with Gasteiger partial charge in [-0.3, -0.25) is 4.79 Å². The van der Waals surface area contributed by atoms with Crippen molar-refractivity contribution in [3.8, 4) is 11.8 Å². The normalized spacial score (nSPS) is 9.00. The quantitative estimate of drug-likeness (QED) is 0.541. The summed E-state index contributed by atoms with van der Waals surface area (Å²) in [6.45, 7) is 1.51. The van der Waals surface area contributed by atoms with E-state index in [-0.39, 0.29) is 10.4 Å². The molecule has 5 heteroatoms. The first kappa shape index (κ1) is 11.0. The second-order valence-electron chi connectivity index (χ2n) is 2.32. The largest absolute Gasteiger partial charge is 0.288 e. The van der Waals surface area contributed by atoms with Crippen LogP contribution in [-0.4, -0.2) is 20.8 Å². The molecule has 1 aromatic rings. The number of rotatable bonds is 1. The summed E-state index contributed by atoms with van der Waals surface area (Å²) in [5.41, 5.74) is 0.693. The highest BCUT2D eigenvalue weighted by Gasteiger charge is 1.91. The summed E-state index contributed by atoms with van der Waals surface area (Å²) in [6.07, 6.45) is 3.08. The van der Waals surface area contributed by atoms with Gasteiger partial charge in [-0.05, 0) is 11.6 Å². The first-order valence-electron chi connectivity index (χ1n) is 3.78. The fourth-order valence-corrected chi connectivity index (χ4v) is 1.10. The zero-order chi connectivity index (χ0) is 10.4. The SMILES string of the molecule is CC(=O)SCC#Cc1cnc(Cl)nc1. The minimum absolute atomic E-state index is 0.0617. The molecule has 1 heterocycles. The maximum Gasteiger partial charge on any atom is 0.222 e. The number of hydrogen-bond acceptors (Lipinski definition) is 4. The van der Waals surface area contributed by atoms with E-state index in [4.69, 9.17) is 11.6 Å². The van der Waals surface area contributed by atoms with Gasteiger partial charge in [0.2, 0.25) is 5.28 Å². The van der Waals surface area contributed by atoms with Gasteiger partial charge in [0.05, 0.1) is 11.3 Å². The Labute approximate surface area is 91.3 Å². The molecule has 0 saturated heterocycles. The van der Waals surface area contributed by atoms with Crippen molar-refractivity contribution >= 4 is 28.5 Å². The maximum atomic E-state index is 10.6. The number of nitrogens with zero attached hydrogens (tertiary/aromatic N) is 2. The third kappa shape index (κ3) is 4.26. The molecule has 0 unspecified atom stereocenters. The zero-order valence-electron chi connectivity index (χ0n) is 7.45. The number of halogens is 1. The number of aromatic nitrogens is 2. The molecular formula is C9H7ClN2OS. The zero-order valence-corrected chi connectivity index (χ0v) is 9.02. The molecule has 3 nitrogen and oxygen atoms in total. The van der Waals surface area contributed by atoms with Crippen LogP contribution in [0.4, 0.5) is 0 Å². The van der Waals surface area contributed by atoms with E-state index in [1.807, 2.05) is 0 Å². The number of carbonyl (C=O) groups excluding carboxylic acids is 1. The molecule has 1 rings (SSSR count). The third-order valence-corrected chi connectivity index (χ3v) is 2.09. The van der Waals surface area contributed by atoms with E-state index in [9.17, 15) is 4.79 Å². The van der Waals surface area contributed by atoms with Crippen molar-refractivity contribution < 1.29 is 4.79 Å². The smallest absolute Gasteiger partial charge is 0.222 e. The van der Waals surface area contributed by atoms with Crippen LogP contribution < -0.4 is 0 Å². The molecule has 1 aromatic heterocycles. The molecule has 0 aliphatic carbocycles. The highest BCUT2D eigenvalue weighted by atomic mass is 35.5. The van der Waals surface area contributed by atoms with Gasteiger partial charge in [0, 0.05) is 19.3 Å². The van der Waals surface area contributed by atoms with Crippen LogP contribution >= 0.6 is 23.4 Å². The molecule has 0 spiro atoms. The molecule has 0 saturated carbocycles. The first-order chi connectivity index (χ1) is 6.68. The van der Waals surface area contributed by atoms with E-state index in [1.54, 1.807) is 12.4 Å². The lowest BCUT2D eigenvalue weighted by molar-refractivity contribution is -0.109. The van der Waals surface area contributed by atoms with Crippen LogP contribution in [0.15, 0.2) is 12.4 Å². The lowest BCUT2D eigenvalue weighted by Crippen LogP contribution is -1.85. The second kappa shape index (κ2) is 5.63. The van der Waals surface area contributed by atoms with Crippen molar-refractivity contribution in [3.63, 3.8) is 0 Å². The number of thioether (sulfide) groups is 1. The molecule has 0 atom stereocenters. The van der Waals surface area contributed by atoms with E-state index in [0.29, 0.717) is 11.3 Å². The van der Waals surface area contributed by atoms with Crippen molar-refractivity contribution in [2.75, 3.05) is 5.75 Å². The summed E-state index contributed by atoms with van der Waals surface area (Å²) in [4.78, 5) is 18.1. The van der Waals surface area contributed by atoms with Gasteiger partial charge in [-0.15, -0.1) is 0 Å². The Morgan fingerprint density at radius 2 is 2.21 bits per heavy atom. The van der Waals surface area contributed by atoms with Gasteiger partial charge in [-0.1, -0.05) is 23.6 Å². The summed E-state index contributed by atoms with van der Waals surface area (Å²) in [5.74, 6) is 6.13. The topological polar surface area (TPSA) is 42.9 Å². The monoisotopic (exact) mass is 226 g/mol. The summed E-state index contributed by atoms with van der Waals surface area (Å²) in [5, 5.41) is 0.264. The van der Waals surface area contributed by atoms with Crippen LogP contribution in [0.2, 0.25) is 5.28 Å². The van der Waals surface area contributed by atoms with Crippen LogP contribution in [0.25, 0.3) is 0 Å². The van der Waals surface area contributed by atoms with Crippen LogP contribution in [0.3, 0.4) is 0 Å². The van der Waals surface area contributed by atoms with Crippen molar-refractivity contribution in [3.05, 3.63) is 23.2 Å². The fourth-order valence-electron chi connectivity index (χ4n) is 0.653. The first-order valence-corrected chi connectivity index (χ1v) is 5.14. The number of hydrogen-bond donors (Lipinski definition) is 0. The molecule has 0 amide bonds. The average Bonchev–Trinajstić information content (AvgIpc) is 2.15. The van der Waals surface area contributed by atoms with Crippen LogP contribution in [-0.2, 0) is 4.79 Å². The molecule has 0 radical (unpaired) electrons. The van der Waals surface area contributed by atoms with E-state index in [0.717, 1.165) is 0 Å². The molecule has 0 aromatic carbocycles. The van der Waals surface area contributed by atoms with Gasteiger partial charge >= 0.3 is 0 Å². The van der Waals surface area contributed by atoms with E-state index >= 15 is 0 Å². The molecule has 14 heavy (non-hydrogen) atoms. The van der Waals surface area contributed by atoms with Gasteiger partial charge < -0.3 is 0 Å². The molecule has 0 aliphatic rings. The molecule has 0 fully saturated rings.